The minimum absolute atomic E-state index is 0. The molecule has 124 valence electrons. The second-order valence-corrected chi connectivity index (χ2v) is 5.65. The van der Waals surface area contributed by atoms with Crippen molar-refractivity contribution in [1.29, 1.82) is 0 Å². The number of hydrogen-bond donors (Lipinski definition) is 1. The van der Waals surface area contributed by atoms with E-state index in [-0.39, 0.29) is 36.3 Å². The van der Waals surface area contributed by atoms with Crippen LogP contribution in [-0.2, 0) is 6.54 Å². The second kappa shape index (κ2) is 8.70. The maximum Gasteiger partial charge on any atom is 0.573 e. The molecule has 2 N–H and O–H groups in total. The van der Waals surface area contributed by atoms with E-state index in [1.807, 2.05) is 16.7 Å². The van der Waals surface area contributed by atoms with Gasteiger partial charge < -0.3 is 15.4 Å². The van der Waals surface area contributed by atoms with Crippen LogP contribution in [-0.4, -0.2) is 41.8 Å². The smallest absolute Gasteiger partial charge is 0.405 e. The van der Waals surface area contributed by atoms with Gasteiger partial charge in [0.25, 0.3) is 0 Å². The quantitative estimate of drug-likeness (QED) is 0.440. The van der Waals surface area contributed by atoms with Crippen LogP contribution in [0.5, 0.6) is 5.75 Å². The summed E-state index contributed by atoms with van der Waals surface area (Å²) in [5.74, 6) is 2.07. The van der Waals surface area contributed by atoms with Gasteiger partial charge in [-0.25, -0.2) is 4.99 Å². The Balaban J connectivity index is 0.00000242. The van der Waals surface area contributed by atoms with Gasteiger partial charge in [0.2, 0.25) is 0 Å². The zero-order valence-electron chi connectivity index (χ0n) is 11.7. The number of nitrogens with zero attached hydrogens (tertiary/aromatic N) is 2. The van der Waals surface area contributed by atoms with Crippen molar-refractivity contribution in [2.75, 3.05) is 24.6 Å². The second-order valence-electron chi connectivity index (χ2n) is 4.43. The van der Waals surface area contributed by atoms with Crippen LogP contribution in [0.15, 0.2) is 29.3 Å². The van der Waals surface area contributed by atoms with Crippen molar-refractivity contribution in [1.82, 2.24) is 4.90 Å². The third kappa shape index (κ3) is 6.11. The molecule has 4 nitrogen and oxygen atoms in total. The highest BCUT2D eigenvalue weighted by atomic mass is 127. The zero-order chi connectivity index (χ0) is 15.3. The minimum atomic E-state index is -4.71. The van der Waals surface area contributed by atoms with E-state index in [0.29, 0.717) is 11.5 Å². The Hall–Kier alpha value is -0.840. The van der Waals surface area contributed by atoms with Crippen molar-refractivity contribution in [3.05, 3.63) is 29.8 Å². The number of thioether (sulfide) groups is 1. The molecule has 0 aromatic heterocycles. The Kier molecular flexibility index (Phi) is 7.60. The summed E-state index contributed by atoms with van der Waals surface area (Å²) in [4.78, 5) is 6.11. The Morgan fingerprint density at radius 3 is 2.55 bits per heavy atom. The van der Waals surface area contributed by atoms with Gasteiger partial charge in [-0.05, 0) is 6.07 Å². The van der Waals surface area contributed by atoms with Gasteiger partial charge in [0.15, 0.2) is 5.96 Å². The number of hydrogen-bond acceptors (Lipinski definition) is 3. The van der Waals surface area contributed by atoms with Gasteiger partial charge in [-0.3, -0.25) is 0 Å². The van der Waals surface area contributed by atoms with Crippen LogP contribution in [0.1, 0.15) is 5.56 Å². The summed E-state index contributed by atoms with van der Waals surface area (Å²) in [7, 11) is 0. The summed E-state index contributed by atoms with van der Waals surface area (Å²) in [5, 5.41) is 0. The molecule has 0 radical (unpaired) electrons. The Morgan fingerprint density at radius 2 is 1.91 bits per heavy atom. The van der Waals surface area contributed by atoms with Gasteiger partial charge in [0.05, 0.1) is 6.54 Å². The average molecular weight is 447 g/mol. The Morgan fingerprint density at radius 1 is 1.27 bits per heavy atom. The molecule has 0 unspecified atom stereocenters. The predicted molar refractivity (Wildman–Crippen MR) is 92.8 cm³/mol. The van der Waals surface area contributed by atoms with Crippen LogP contribution in [0.4, 0.5) is 13.2 Å². The fourth-order valence-corrected chi connectivity index (χ4v) is 2.82. The van der Waals surface area contributed by atoms with Gasteiger partial charge in [-0.2, -0.15) is 11.8 Å². The molecule has 1 heterocycles. The molecule has 1 aromatic carbocycles. The molecule has 0 saturated carbocycles. The van der Waals surface area contributed by atoms with Crippen LogP contribution < -0.4 is 10.5 Å². The molecule has 1 fully saturated rings. The first kappa shape index (κ1) is 19.2. The molecule has 0 amide bonds. The van der Waals surface area contributed by atoms with Crippen LogP contribution in [0.25, 0.3) is 0 Å². The molecular weight excluding hydrogens is 430 g/mol. The fourth-order valence-electron chi connectivity index (χ4n) is 1.92. The van der Waals surface area contributed by atoms with Gasteiger partial charge in [0.1, 0.15) is 5.75 Å². The van der Waals surface area contributed by atoms with Gasteiger partial charge >= 0.3 is 6.36 Å². The van der Waals surface area contributed by atoms with Gasteiger partial charge in [-0.1, -0.05) is 18.2 Å². The first-order valence-electron chi connectivity index (χ1n) is 6.42. The number of rotatable bonds is 3. The summed E-state index contributed by atoms with van der Waals surface area (Å²) < 4.78 is 40.9. The lowest BCUT2D eigenvalue weighted by Gasteiger charge is -2.27. The van der Waals surface area contributed by atoms with E-state index in [1.54, 1.807) is 12.1 Å². The lowest BCUT2D eigenvalue weighted by atomic mass is 10.2. The highest BCUT2D eigenvalue weighted by Crippen LogP contribution is 2.26. The topological polar surface area (TPSA) is 50.9 Å². The van der Waals surface area contributed by atoms with E-state index < -0.39 is 6.36 Å². The average Bonchev–Trinajstić information content (AvgIpc) is 2.45. The van der Waals surface area contributed by atoms with Crippen molar-refractivity contribution in [3.63, 3.8) is 0 Å². The SMILES string of the molecule is I.NC(=NCc1ccccc1OC(F)(F)F)N1CCSCC1. The highest BCUT2D eigenvalue weighted by Gasteiger charge is 2.31. The molecule has 1 saturated heterocycles. The van der Waals surface area contributed by atoms with E-state index in [9.17, 15) is 13.2 Å². The number of aliphatic imine (C=N–C) groups is 1. The van der Waals surface area contributed by atoms with E-state index in [1.165, 1.54) is 12.1 Å². The lowest BCUT2D eigenvalue weighted by Crippen LogP contribution is -2.42. The number of ether oxygens (including phenoxy) is 1. The highest BCUT2D eigenvalue weighted by molar-refractivity contribution is 14.0. The van der Waals surface area contributed by atoms with Crippen LogP contribution >= 0.6 is 35.7 Å². The summed E-state index contributed by atoms with van der Waals surface area (Å²) >= 11 is 1.84. The van der Waals surface area contributed by atoms with E-state index in [2.05, 4.69) is 9.73 Å². The summed E-state index contributed by atoms with van der Waals surface area (Å²) in [6.07, 6.45) is -4.71. The van der Waals surface area contributed by atoms with Crippen molar-refractivity contribution >= 4 is 41.7 Å². The molecule has 1 aromatic rings. The summed E-state index contributed by atoms with van der Waals surface area (Å²) in [6.45, 7) is 1.67. The van der Waals surface area contributed by atoms with E-state index >= 15 is 0 Å². The Labute approximate surface area is 148 Å². The van der Waals surface area contributed by atoms with Gasteiger partial charge in [0, 0.05) is 30.2 Å². The third-order valence-electron chi connectivity index (χ3n) is 2.94. The van der Waals surface area contributed by atoms with Crippen molar-refractivity contribution in [2.45, 2.75) is 12.9 Å². The molecular formula is C13H17F3IN3OS. The first-order valence-corrected chi connectivity index (χ1v) is 7.57. The first-order chi connectivity index (χ1) is 9.96. The number of halogens is 4. The normalized spacial score (nSPS) is 16.1. The predicted octanol–water partition coefficient (Wildman–Crippen LogP) is 3.07. The van der Waals surface area contributed by atoms with E-state index in [0.717, 1.165) is 24.6 Å². The zero-order valence-corrected chi connectivity index (χ0v) is 14.8. The minimum Gasteiger partial charge on any atom is -0.405 e. The maximum atomic E-state index is 12.3. The number of benzene rings is 1. The van der Waals surface area contributed by atoms with Crippen molar-refractivity contribution in [3.8, 4) is 5.75 Å². The number of guanidine groups is 1. The molecule has 0 spiro atoms. The molecule has 1 aliphatic heterocycles. The fraction of sp³-hybridized carbons (Fsp3) is 0.462. The van der Waals surface area contributed by atoms with Crippen LogP contribution in [0, 0.1) is 0 Å². The van der Waals surface area contributed by atoms with Crippen molar-refractivity contribution < 1.29 is 17.9 Å². The van der Waals surface area contributed by atoms with Crippen LogP contribution in [0.2, 0.25) is 0 Å². The summed E-state index contributed by atoms with van der Waals surface area (Å²) in [6, 6.07) is 5.94. The maximum absolute atomic E-state index is 12.3. The molecule has 0 atom stereocenters. The molecule has 9 heteroatoms. The van der Waals surface area contributed by atoms with Crippen LogP contribution in [0.3, 0.4) is 0 Å². The van der Waals surface area contributed by atoms with E-state index in [4.69, 9.17) is 5.73 Å². The number of para-hydroxylation sites is 1. The van der Waals surface area contributed by atoms with Crippen molar-refractivity contribution in [2.24, 2.45) is 10.7 Å². The lowest BCUT2D eigenvalue weighted by molar-refractivity contribution is -0.274. The molecule has 2 rings (SSSR count). The molecule has 0 bridgehead atoms. The van der Waals surface area contributed by atoms with Gasteiger partial charge in [-0.15, -0.1) is 37.1 Å². The monoisotopic (exact) mass is 447 g/mol. The standard InChI is InChI=1S/C13H16F3N3OS.HI/c14-13(15,16)20-11-4-2-1-3-10(11)9-18-12(17)19-5-7-21-8-6-19;/h1-4H,5-9H2,(H2,17,18);1H. The Bertz CT molecular complexity index is 508. The number of nitrogens with two attached hydrogens (primary N) is 1. The third-order valence-corrected chi connectivity index (χ3v) is 3.89. The number of alkyl halides is 3. The molecule has 22 heavy (non-hydrogen) atoms. The molecule has 0 aliphatic carbocycles. The molecule has 1 aliphatic rings. The largest absolute Gasteiger partial charge is 0.573 e. The summed E-state index contributed by atoms with van der Waals surface area (Å²) in [5.41, 5.74) is 6.23.